The summed E-state index contributed by atoms with van der Waals surface area (Å²) >= 11 is 0. The lowest BCUT2D eigenvalue weighted by Crippen LogP contribution is -2.30. The Bertz CT molecular complexity index is 992. The van der Waals surface area contributed by atoms with E-state index in [1.165, 1.54) is 16.7 Å². The SMILES string of the molecule is CNC(=O)c1ccc(CN(Cc2ccco2)C(=O)CCc2ccc(C)cc2C)cc1. The minimum atomic E-state index is -0.126. The zero-order valence-electron chi connectivity index (χ0n) is 17.8. The highest BCUT2D eigenvalue weighted by atomic mass is 16.3. The number of rotatable bonds is 8. The predicted octanol–water partition coefficient (Wildman–Crippen LogP) is 4.42. The van der Waals surface area contributed by atoms with Crippen LogP contribution < -0.4 is 5.32 Å². The van der Waals surface area contributed by atoms with Gasteiger partial charge in [-0.3, -0.25) is 9.59 Å². The van der Waals surface area contributed by atoms with Crippen molar-refractivity contribution in [1.29, 1.82) is 0 Å². The molecule has 0 aliphatic heterocycles. The second-order valence-corrected chi connectivity index (χ2v) is 7.54. The zero-order chi connectivity index (χ0) is 21.5. The Labute approximate surface area is 177 Å². The summed E-state index contributed by atoms with van der Waals surface area (Å²) < 4.78 is 5.47. The maximum Gasteiger partial charge on any atom is 0.251 e. The van der Waals surface area contributed by atoms with E-state index >= 15 is 0 Å². The molecule has 0 saturated heterocycles. The lowest BCUT2D eigenvalue weighted by molar-refractivity contribution is -0.132. The molecule has 2 aromatic carbocycles. The van der Waals surface area contributed by atoms with Crippen LogP contribution in [0.3, 0.4) is 0 Å². The number of hydrogen-bond acceptors (Lipinski definition) is 3. The Morgan fingerprint density at radius 2 is 1.77 bits per heavy atom. The first-order valence-electron chi connectivity index (χ1n) is 10.1. The third-order valence-electron chi connectivity index (χ3n) is 5.20. The van der Waals surface area contributed by atoms with Crippen LogP contribution in [0.5, 0.6) is 0 Å². The van der Waals surface area contributed by atoms with E-state index in [2.05, 4.69) is 37.4 Å². The minimum Gasteiger partial charge on any atom is -0.467 e. The number of hydrogen-bond donors (Lipinski definition) is 1. The molecule has 0 saturated carbocycles. The van der Waals surface area contributed by atoms with Crippen molar-refractivity contribution in [3.05, 3.63) is 94.4 Å². The van der Waals surface area contributed by atoms with Crippen molar-refractivity contribution in [3.63, 3.8) is 0 Å². The molecule has 156 valence electrons. The molecule has 1 heterocycles. The number of nitrogens with zero attached hydrogens (tertiary/aromatic N) is 1. The summed E-state index contributed by atoms with van der Waals surface area (Å²) in [4.78, 5) is 26.6. The largest absolute Gasteiger partial charge is 0.467 e. The fourth-order valence-corrected chi connectivity index (χ4v) is 3.48. The lowest BCUT2D eigenvalue weighted by atomic mass is 10.0. The van der Waals surface area contributed by atoms with Crippen LogP contribution >= 0.6 is 0 Å². The normalized spacial score (nSPS) is 10.6. The van der Waals surface area contributed by atoms with Crippen LogP contribution in [0.1, 0.15) is 44.8 Å². The molecule has 0 radical (unpaired) electrons. The molecule has 1 N–H and O–H groups in total. The highest BCUT2D eigenvalue weighted by Crippen LogP contribution is 2.17. The number of furan rings is 1. The number of nitrogens with one attached hydrogen (secondary N) is 1. The number of carbonyl (C=O) groups is 2. The van der Waals surface area contributed by atoms with E-state index in [1.54, 1.807) is 30.3 Å². The van der Waals surface area contributed by atoms with Gasteiger partial charge in [0.1, 0.15) is 5.76 Å². The van der Waals surface area contributed by atoms with Crippen LogP contribution in [0, 0.1) is 13.8 Å². The van der Waals surface area contributed by atoms with E-state index in [-0.39, 0.29) is 11.8 Å². The summed E-state index contributed by atoms with van der Waals surface area (Å²) in [5.41, 5.74) is 5.20. The van der Waals surface area contributed by atoms with Crippen molar-refractivity contribution in [3.8, 4) is 0 Å². The Morgan fingerprint density at radius 1 is 1.00 bits per heavy atom. The molecule has 0 fully saturated rings. The first-order valence-corrected chi connectivity index (χ1v) is 10.1. The number of benzene rings is 2. The van der Waals surface area contributed by atoms with Gasteiger partial charge in [-0.2, -0.15) is 0 Å². The zero-order valence-corrected chi connectivity index (χ0v) is 17.8. The van der Waals surface area contributed by atoms with Gasteiger partial charge in [-0.25, -0.2) is 0 Å². The van der Waals surface area contributed by atoms with Gasteiger partial charge < -0.3 is 14.6 Å². The topological polar surface area (TPSA) is 62.6 Å². The van der Waals surface area contributed by atoms with Gasteiger partial charge in [0.2, 0.25) is 5.91 Å². The molecule has 0 aliphatic rings. The molecule has 0 unspecified atom stereocenters. The van der Waals surface area contributed by atoms with E-state index in [1.807, 2.05) is 24.3 Å². The van der Waals surface area contributed by atoms with Crippen molar-refractivity contribution in [2.45, 2.75) is 39.8 Å². The molecule has 5 heteroatoms. The Kier molecular flexibility index (Phi) is 7.07. The van der Waals surface area contributed by atoms with Crippen molar-refractivity contribution in [2.24, 2.45) is 0 Å². The van der Waals surface area contributed by atoms with Crippen LogP contribution in [0.4, 0.5) is 0 Å². The number of aryl methyl sites for hydroxylation is 3. The van der Waals surface area contributed by atoms with Gasteiger partial charge in [0.05, 0.1) is 12.8 Å². The van der Waals surface area contributed by atoms with Gasteiger partial charge in [-0.05, 0) is 61.2 Å². The average molecular weight is 405 g/mol. The Hall–Kier alpha value is -3.34. The molecule has 0 bridgehead atoms. The molecule has 0 aliphatic carbocycles. The first kappa shape index (κ1) is 21.4. The van der Waals surface area contributed by atoms with E-state index in [0.717, 1.165) is 11.3 Å². The van der Waals surface area contributed by atoms with Crippen molar-refractivity contribution in [2.75, 3.05) is 7.05 Å². The third kappa shape index (κ3) is 5.60. The van der Waals surface area contributed by atoms with E-state index in [4.69, 9.17) is 4.42 Å². The monoisotopic (exact) mass is 404 g/mol. The molecule has 5 nitrogen and oxygen atoms in total. The molecular weight excluding hydrogens is 376 g/mol. The van der Waals surface area contributed by atoms with Gasteiger partial charge in [0.25, 0.3) is 5.91 Å². The molecule has 3 rings (SSSR count). The second-order valence-electron chi connectivity index (χ2n) is 7.54. The highest BCUT2D eigenvalue weighted by Gasteiger charge is 2.17. The summed E-state index contributed by atoms with van der Waals surface area (Å²) in [6.45, 7) is 5.03. The molecule has 30 heavy (non-hydrogen) atoms. The van der Waals surface area contributed by atoms with E-state index in [9.17, 15) is 9.59 Å². The smallest absolute Gasteiger partial charge is 0.251 e. The van der Waals surface area contributed by atoms with Crippen LogP contribution in [-0.2, 0) is 24.3 Å². The fourth-order valence-electron chi connectivity index (χ4n) is 3.48. The molecule has 0 spiro atoms. The molecule has 2 amide bonds. The van der Waals surface area contributed by atoms with Crippen LogP contribution in [0.25, 0.3) is 0 Å². The maximum atomic E-state index is 13.1. The lowest BCUT2D eigenvalue weighted by Gasteiger charge is -2.22. The summed E-state index contributed by atoms with van der Waals surface area (Å²) in [5, 5.41) is 2.61. The second kappa shape index (κ2) is 9.92. The minimum absolute atomic E-state index is 0.0711. The number of amides is 2. The summed E-state index contributed by atoms with van der Waals surface area (Å²) in [7, 11) is 1.61. The third-order valence-corrected chi connectivity index (χ3v) is 5.20. The van der Waals surface area contributed by atoms with Gasteiger partial charge in [-0.1, -0.05) is 35.9 Å². The van der Waals surface area contributed by atoms with Gasteiger partial charge >= 0.3 is 0 Å². The predicted molar refractivity (Wildman–Crippen MR) is 117 cm³/mol. The van der Waals surface area contributed by atoms with Crippen molar-refractivity contribution < 1.29 is 14.0 Å². The molecular formula is C25H28N2O3. The molecule has 1 aromatic heterocycles. The summed E-state index contributed by atoms with van der Waals surface area (Å²) in [5.74, 6) is 0.692. The van der Waals surface area contributed by atoms with E-state index in [0.29, 0.717) is 31.5 Å². The van der Waals surface area contributed by atoms with Crippen LogP contribution in [0.2, 0.25) is 0 Å². The Morgan fingerprint density at radius 3 is 2.40 bits per heavy atom. The quantitative estimate of drug-likeness (QED) is 0.605. The van der Waals surface area contributed by atoms with Crippen LogP contribution in [-0.4, -0.2) is 23.8 Å². The number of carbonyl (C=O) groups excluding carboxylic acids is 2. The molecule has 3 aromatic rings. The van der Waals surface area contributed by atoms with Crippen molar-refractivity contribution in [1.82, 2.24) is 10.2 Å². The maximum absolute atomic E-state index is 13.1. The van der Waals surface area contributed by atoms with E-state index < -0.39 is 0 Å². The van der Waals surface area contributed by atoms with Gasteiger partial charge in [0, 0.05) is 25.6 Å². The van der Waals surface area contributed by atoms with Crippen molar-refractivity contribution >= 4 is 11.8 Å². The summed E-state index contributed by atoms with van der Waals surface area (Å²) in [6.07, 6.45) is 2.75. The van der Waals surface area contributed by atoms with Gasteiger partial charge in [-0.15, -0.1) is 0 Å². The fraction of sp³-hybridized carbons (Fsp3) is 0.280. The highest BCUT2D eigenvalue weighted by molar-refractivity contribution is 5.93. The Balaban J connectivity index is 1.71. The standard InChI is InChI=1S/C25H28N2O3/c1-18-6-9-21(19(2)15-18)12-13-24(28)27(17-23-5-4-14-30-23)16-20-7-10-22(11-8-20)25(29)26-3/h4-11,14-15H,12-13,16-17H2,1-3H3,(H,26,29). The van der Waals surface area contributed by atoms with Gasteiger partial charge in [0.15, 0.2) is 0 Å². The van der Waals surface area contributed by atoms with Crippen LogP contribution in [0.15, 0.2) is 65.3 Å². The molecule has 0 atom stereocenters. The average Bonchev–Trinajstić information content (AvgIpc) is 3.25. The summed E-state index contributed by atoms with van der Waals surface area (Å²) in [6, 6.07) is 17.4. The first-order chi connectivity index (χ1) is 14.5.